The molecular weight excluding hydrogens is 246 g/mol. The van der Waals surface area contributed by atoms with E-state index in [-0.39, 0.29) is 16.3 Å². The van der Waals surface area contributed by atoms with Gasteiger partial charge in [-0.2, -0.15) is 0 Å². The molecule has 2 aromatic rings. The third-order valence-electron chi connectivity index (χ3n) is 1.91. The number of nitrogens with two attached hydrogens (primary N) is 1. The summed E-state index contributed by atoms with van der Waals surface area (Å²) in [6, 6.07) is 1.45. The van der Waals surface area contributed by atoms with Crippen LogP contribution in [0.4, 0.5) is 11.4 Å². The van der Waals surface area contributed by atoms with Gasteiger partial charge < -0.3 is 9.95 Å². The van der Waals surface area contributed by atoms with Crippen LogP contribution in [0, 0.1) is 0 Å². The lowest BCUT2D eigenvalue weighted by Crippen LogP contribution is -2.17. The van der Waals surface area contributed by atoms with Gasteiger partial charge in [-0.15, -0.1) is 0 Å². The van der Waals surface area contributed by atoms with E-state index in [0.717, 1.165) is 0 Å². The van der Waals surface area contributed by atoms with Gasteiger partial charge in [-0.05, 0) is 6.07 Å². The zero-order valence-corrected chi connectivity index (χ0v) is 9.31. The van der Waals surface area contributed by atoms with Gasteiger partial charge in [0.2, 0.25) is 0 Å². The molecule has 0 saturated carbocycles. The highest BCUT2D eigenvalue weighted by molar-refractivity contribution is 7.92. The number of rotatable bonds is 4. The molecule has 2 heterocycles. The number of pyridine rings is 1. The Hall–Kier alpha value is -2.13. The van der Waals surface area contributed by atoms with Crippen LogP contribution in [0.3, 0.4) is 0 Å². The molecule has 0 aliphatic rings. The van der Waals surface area contributed by atoms with E-state index in [0.29, 0.717) is 0 Å². The number of hydrogen-bond donors (Lipinski definition) is 3. The molecule has 0 spiro atoms. The summed E-state index contributed by atoms with van der Waals surface area (Å²) in [4.78, 5) is 3.67. The third kappa shape index (κ3) is 2.34. The molecule has 2 aromatic heterocycles. The van der Waals surface area contributed by atoms with E-state index in [1.807, 2.05) is 0 Å². The molecule has 0 radical (unpaired) electrons. The van der Waals surface area contributed by atoms with Gasteiger partial charge in [-0.25, -0.2) is 8.42 Å². The maximum atomic E-state index is 12.0. The first-order valence-electron chi connectivity index (χ1n) is 4.46. The summed E-state index contributed by atoms with van der Waals surface area (Å²) in [7, 11) is -3.78. The van der Waals surface area contributed by atoms with Crippen LogP contribution in [-0.2, 0) is 10.0 Å². The molecule has 2 rings (SSSR count). The van der Waals surface area contributed by atoms with Gasteiger partial charge in [0.1, 0.15) is 16.8 Å². The highest BCUT2D eigenvalue weighted by atomic mass is 32.2. The summed E-state index contributed by atoms with van der Waals surface area (Å²) in [5.74, 6) is 5.22. The molecule has 0 aromatic carbocycles. The minimum absolute atomic E-state index is 0.0660. The molecule has 8 nitrogen and oxygen atoms in total. The Bertz CT molecular complexity index is 595. The van der Waals surface area contributed by atoms with E-state index in [2.05, 4.69) is 24.8 Å². The average Bonchev–Trinajstić information content (AvgIpc) is 2.81. The molecular formula is C8H9N5O3S. The van der Waals surface area contributed by atoms with Gasteiger partial charge in [0.05, 0.1) is 11.9 Å². The van der Waals surface area contributed by atoms with E-state index in [1.54, 1.807) is 0 Å². The normalized spacial score (nSPS) is 11.1. The monoisotopic (exact) mass is 255 g/mol. The molecule has 90 valence electrons. The van der Waals surface area contributed by atoms with E-state index >= 15 is 0 Å². The fourth-order valence-corrected chi connectivity index (χ4v) is 2.32. The summed E-state index contributed by atoms with van der Waals surface area (Å²) in [6.07, 6.45) is 5.02. The van der Waals surface area contributed by atoms with Crippen molar-refractivity contribution < 1.29 is 12.9 Å². The second-order valence-electron chi connectivity index (χ2n) is 3.03. The number of sulfonamides is 1. The van der Waals surface area contributed by atoms with Crippen LogP contribution in [0.2, 0.25) is 0 Å². The number of anilines is 2. The fourth-order valence-electron chi connectivity index (χ4n) is 1.18. The number of nitrogen functional groups attached to an aromatic ring is 1. The molecule has 0 amide bonds. The van der Waals surface area contributed by atoms with Gasteiger partial charge in [-0.1, -0.05) is 5.16 Å². The Kier molecular flexibility index (Phi) is 2.93. The Morgan fingerprint density at radius 1 is 1.35 bits per heavy atom. The van der Waals surface area contributed by atoms with Crippen molar-refractivity contribution in [2.75, 3.05) is 10.1 Å². The fraction of sp³-hybridized carbons (Fsp3) is 0. The van der Waals surface area contributed by atoms with Crippen LogP contribution in [-0.4, -0.2) is 18.6 Å². The van der Waals surface area contributed by atoms with Crippen LogP contribution in [0.25, 0.3) is 0 Å². The number of aromatic nitrogens is 2. The third-order valence-corrected chi connectivity index (χ3v) is 3.32. The van der Waals surface area contributed by atoms with Crippen LogP contribution in [0.15, 0.2) is 40.3 Å². The van der Waals surface area contributed by atoms with E-state index in [9.17, 15) is 8.42 Å². The number of nitrogens with one attached hydrogen (secondary N) is 2. The second-order valence-corrected chi connectivity index (χ2v) is 4.69. The topological polar surface area (TPSA) is 123 Å². The van der Waals surface area contributed by atoms with Crippen LogP contribution in [0.5, 0.6) is 0 Å². The minimum atomic E-state index is -3.78. The van der Waals surface area contributed by atoms with Crippen molar-refractivity contribution in [1.29, 1.82) is 0 Å². The summed E-state index contributed by atoms with van der Waals surface area (Å²) >= 11 is 0. The molecule has 4 N–H and O–H groups in total. The lowest BCUT2D eigenvalue weighted by molar-refractivity contribution is 0.420. The van der Waals surface area contributed by atoms with Crippen molar-refractivity contribution in [2.45, 2.75) is 4.90 Å². The SMILES string of the molecule is NNc1ccncc1S(=O)(=O)Nc1cnoc1. The van der Waals surface area contributed by atoms with Gasteiger partial charge in [0.15, 0.2) is 0 Å². The quantitative estimate of drug-likeness (QED) is 0.525. The summed E-state index contributed by atoms with van der Waals surface area (Å²) in [5, 5.41) is 3.38. The van der Waals surface area contributed by atoms with Gasteiger partial charge in [-0.3, -0.25) is 15.5 Å². The lowest BCUT2D eigenvalue weighted by Gasteiger charge is -2.09. The molecule has 0 saturated heterocycles. The largest absolute Gasteiger partial charge is 0.362 e. The molecule has 0 aliphatic carbocycles. The lowest BCUT2D eigenvalue weighted by atomic mass is 10.4. The molecule has 0 atom stereocenters. The first kappa shape index (κ1) is 11.4. The summed E-state index contributed by atoms with van der Waals surface area (Å²) < 4.78 is 30.7. The average molecular weight is 255 g/mol. The Morgan fingerprint density at radius 3 is 2.82 bits per heavy atom. The first-order valence-corrected chi connectivity index (χ1v) is 5.94. The van der Waals surface area contributed by atoms with E-state index in [1.165, 1.54) is 30.9 Å². The van der Waals surface area contributed by atoms with Crippen LogP contribution in [0.1, 0.15) is 0 Å². The Balaban J connectivity index is 2.38. The van der Waals surface area contributed by atoms with Gasteiger partial charge in [0.25, 0.3) is 10.0 Å². The number of nitrogens with zero attached hydrogens (tertiary/aromatic N) is 2. The highest BCUT2D eigenvalue weighted by Gasteiger charge is 2.19. The Labute approximate surface area is 96.8 Å². The summed E-state index contributed by atoms with van der Waals surface area (Å²) in [6.45, 7) is 0. The van der Waals surface area contributed by atoms with Crippen molar-refractivity contribution in [3.63, 3.8) is 0 Å². The zero-order chi connectivity index (χ0) is 12.3. The van der Waals surface area contributed by atoms with Crippen molar-refractivity contribution in [1.82, 2.24) is 10.1 Å². The summed E-state index contributed by atoms with van der Waals surface area (Å²) in [5.41, 5.74) is 2.74. The van der Waals surface area contributed by atoms with Gasteiger partial charge >= 0.3 is 0 Å². The predicted molar refractivity (Wildman–Crippen MR) is 59.4 cm³/mol. The maximum absolute atomic E-state index is 12.0. The van der Waals surface area contributed by atoms with Crippen LogP contribution < -0.4 is 16.0 Å². The van der Waals surface area contributed by atoms with Crippen LogP contribution >= 0.6 is 0 Å². The maximum Gasteiger partial charge on any atom is 0.265 e. The molecule has 9 heteroatoms. The second kappa shape index (κ2) is 4.39. The Morgan fingerprint density at radius 2 is 2.18 bits per heavy atom. The standard InChI is InChI=1S/C8H9N5O3S/c9-12-7-1-2-10-4-8(7)17(14,15)13-6-3-11-16-5-6/h1-5,13H,9H2,(H,10,12). The molecule has 0 fully saturated rings. The van der Waals surface area contributed by atoms with E-state index < -0.39 is 10.0 Å². The molecule has 17 heavy (non-hydrogen) atoms. The molecule has 0 aliphatic heterocycles. The van der Waals surface area contributed by atoms with E-state index in [4.69, 9.17) is 5.84 Å². The predicted octanol–water partition coefficient (Wildman–Crippen LogP) is 0.156. The minimum Gasteiger partial charge on any atom is -0.362 e. The van der Waals surface area contributed by atoms with Crippen molar-refractivity contribution in [3.05, 3.63) is 30.9 Å². The first-order chi connectivity index (χ1) is 8.13. The highest BCUT2D eigenvalue weighted by Crippen LogP contribution is 2.21. The molecule has 0 bridgehead atoms. The number of hydrazine groups is 1. The number of hydrogen-bond acceptors (Lipinski definition) is 7. The zero-order valence-electron chi connectivity index (χ0n) is 8.49. The van der Waals surface area contributed by atoms with Crippen molar-refractivity contribution in [3.8, 4) is 0 Å². The van der Waals surface area contributed by atoms with Crippen molar-refractivity contribution in [2.24, 2.45) is 5.84 Å². The van der Waals surface area contributed by atoms with Crippen molar-refractivity contribution >= 4 is 21.4 Å². The molecule has 0 unspecified atom stereocenters. The van der Waals surface area contributed by atoms with Gasteiger partial charge in [0, 0.05) is 12.4 Å². The smallest absolute Gasteiger partial charge is 0.265 e.